The van der Waals surface area contributed by atoms with E-state index in [2.05, 4.69) is 19.1 Å². The zero-order valence-electron chi connectivity index (χ0n) is 9.89. The number of hydrogen-bond acceptors (Lipinski definition) is 1. The van der Waals surface area contributed by atoms with Gasteiger partial charge < -0.3 is 5.11 Å². The molecule has 17 heavy (non-hydrogen) atoms. The molecule has 2 heteroatoms. The maximum atomic E-state index is 10.9. The second-order valence-electron chi connectivity index (χ2n) is 4.38. The van der Waals surface area contributed by atoms with Gasteiger partial charge in [-0.1, -0.05) is 55.5 Å². The summed E-state index contributed by atoms with van der Waals surface area (Å²) in [6.45, 7) is 2.14. The van der Waals surface area contributed by atoms with E-state index < -0.39 is 5.97 Å². The van der Waals surface area contributed by atoms with Gasteiger partial charge >= 0.3 is 5.97 Å². The summed E-state index contributed by atoms with van der Waals surface area (Å²) in [6.07, 6.45) is 7.30. The largest absolute Gasteiger partial charge is 0.478 e. The number of benzene rings is 1. The van der Waals surface area contributed by atoms with Gasteiger partial charge in [-0.15, -0.1) is 0 Å². The lowest BCUT2D eigenvalue weighted by Crippen LogP contribution is -2.24. The highest BCUT2D eigenvalue weighted by atomic mass is 16.4. The van der Waals surface area contributed by atoms with Gasteiger partial charge in [-0.25, -0.2) is 4.79 Å². The number of rotatable bonds is 3. The minimum atomic E-state index is -0.848. The number of carbonyl (C=O) groups is 1. The van der Waals surface area contributed by atoms with Crippen LogP contribution in [-0.4, -0.2) is 11.1 Å². The van der Waals surface area contributed by atoms with Gasteiger partial charge in [-0.2, -0.15) is 0 Å². The Morgan fingerprint density at radius 2 is 2.06 bits per heavy atom. The zero-order valence-corrected chi connectivity index (χ0v) is 9.89. The minimum Gasteiger partial charge on any atom is -0.478 e. The first-order valence-corrected chi connectivity index (χ1v) is 5.86. The molecule has 1 unspecified atom stereocenters. The van der Waals surface area contributed by atoms with Crippen LogP contribution in [0.3, 0.4) is 0 Å². The number of carboxylic acid groups (broad SMARTS) is 1. The summed E-state index contributed by atoms with van der Waals surface area (Å²) in [7, 11) is 0. The molecule has 0 aliphatic heterocycles. The Labute approximate surface area is 101 Å². The van der Waals surface area contributed by atoms with Crippen molar-refractivity contribution in [3.63, 3.8) is 0 Å². The van der Waals surface area contributed by atoms with Crippen LogP contribution in [-0.2, 0) is 10.2 Å². The lowest BCUT2D eigenvalue weighted by Gasteiger charge is -2.31. The maximum absolute atomic E-state index is 10.9. The van der Waals surface area contributed by atoms with Crippen molar-refractivity contribution < 1.29 is 9.90 Å². The van der Waals surface area contributed by atoms with Crippen LogP contribution >= 0.6 is 0 Å². The standard InChI is InChI=1S/C15H16O2/c1-2-15(13-6-4-3-5-7-13)10-8-12(9-11-15)14(16)17/h3-10H,2,11H2,1H3,(H,16,17). The molecule has 1 aromatic carbocycles. The third-order valence-corrected chi connectivity index (χ3v) is 3.49. The van der Waals surface area contributed by atoms with Crippen molar-refractivity contribution in [3.8, 4) is 0 Å². The molecular formula is C15H16O2. The van der Waals surface area contributed by atoms with Crippen molar-refractivity contribution in [2.24, 2.45) is 0 Å². The van der Waals surface area contributed by atoms with E-state index >= 15 is 0 Å². The molecule has 0 aromatic heterocycles. The first-order valence-electron chi connectivity index (χ1n) is 5.86. The Hall–Kier alpha value is -1.83. The molecule has 0 amide bonds. The van der Waals surface area contributed by atoms with Crippen molar-refractivity contribution in [1.82, 2.24) is 0 Å². The van der Waals surface area contributed by atoms with Crippen LogP contribution in [0.25, 0.3) is 0 Å². The van der Waals surface area contributed by atoms with E-state index in [1.807, 2.05) is 30.4 Å². The summed E-state index contributed by atoms with van der Waals surface area (Å²) in [5.74, 6) is -0.848. The normalized spacial score (nSPS) is 23.2. The minimum absolute atomic E-state index is 0.0415. The lowest BCUT2D eigenvalue weighted by atomic mass is 9.72. The summed E-state index contributed by atoms with van der Waals surface area (Å²) in [5.41, 5.74) is 1.60. The summed E-state index contributed by atoms with van der Waals surface area (Å²) < 4.78 is 0. The Morgan fingerprint density at radius 1 is 1.35 bits per heavy atom. The highest BCUT2D eigenvalue weighted by molar-refractivity contribution is 5.90. The maximum Gasteiger partial charge on any atom is 0.335 e. The molecule has 0 spiro atoms. The molecule has 2 nitrogen and oxygen atoms in total. The smallest absolute Gasteiger partial charge is 0.335 e. The van der Waals surface area contributed by atoms with Crippen molar-refractivity contribution in [3.05, 3.63) is 59.7 Å². The molecule has 1 atom stereocenters. The Kier molecular flexibility index (Phi) is 3.14. The van der Waals surface area contributed by atoms with Crippen LogP contribution in [0.4, 0.5) is 0 Å². The van der Waals surface area contributed by atoms with Crippen molar-refractivity contribution >= 4 is 5.97 Å². The van der Waals surface area contributed by atoms with Crippen molar-refractivity contribution in [2.75, 3.05) is 0 Å². The molecular weight excluding hydrogens is 212 g/mol. The zero-order chi connectivity index (χ0) is 12.3. The molecule has 1 N–H and O–H groups in total. The van der Waals surface area contributed by atoms with Crippen LogP contribution < -0.4 is 0 Å². The van der Waals surface area contributed by atoms with E-state index in [0.29, 0.717) is 5.57 Å². The Morgan fingerprint density at radius 3 is 2.53 bits per heavy atom. The third kappa shape index (κ3) is 2.16. The van der Waals surface area contributed by atoms with Crippen LogP contribution in [0, 0.1) is 0 Å². The molecule has 88 valence electrons. The second-order valence-corrected chi connectivity index (χ2v) is 4.38. The number of hydrogen-bond donors (Lipinski definition) is 1. The van der Waals surface area contributed by atoms with E-state index in [1.54, 1.807) is 6.08 Å². The number of aliphatic carboxylic acids is 1. The lowest BCUT2D eigenvalue weighted by molar-refractivity contribution is -0.132. The van der Waals surface area contributed by atoms with E-state index in [0.717, 1.165) is 12.8 Å². The number of carboxylic acids is 1. The molecule has 1 aliphatic rings. The average Bonchev–Trinajstić information content (AvgIpc) is 2.40. The quantitative estimate of drug-likeness (QED) is 0.861. The van der Waals surface area contributed by atoms with Crippen molar-refractivity contribution in [1.29, 1.82) is 0 Å². The highest BCUT2D eigenvalue weighted by Crippen LogP contribution is 2.36. The molecule has 0 fully saturated rings. The molecule has 0 saturated heterocycles. The van der Waals surface area contributed by atoms with E-state index in [1.165, 1.54) is 5.56 Å². The molecule has 0 radical (unpaired) electrons. The van der Waals surface area contributed by atoms with Gasteiger partial charge in [-0.3, -0.25) is 0 Å². The van der Waals surface area contributed by atoms with Crippen LogP contribution in [0.2, 0.25) is 0 Å². The average molecular weight is 228 g/mol. The van der Waals surface area contributed by atoms with Gasteiger partial charge in [0.1, 0.15) is 0 Å². The van der Waals surface area contributed by atoms with Gasteiger partial charge in [0.05, 0.1) is 5.57 Å². The predicted octanol–water partition coefficient (Wildman–Crippen LogP) is 3.31. The topological polar surface area (TPSA) is 37.3 Å². The van der Waals surface area contributed by atoms with Crippen LogP contribution in [0.15, 0.2) is 54.1 Å². The summed E-state index contributed by atoms with van der Waals surface area (Å²) in [4.78, 5) is 10.9. The van der Waals surface area contributed by atoms with Gasteiger partial charge in [-0.05, 0) is 18.4 Å². The molecule has 1 aromatic rings. The molecule has 0 bridgehead atoms. The fourth-order valence-corrected chi connectivity index (χ4v) is 2.29. The van der Waals surface area contributed by atoms with Crippen LogP contribution in [0.5, 0.6) is 0 Å². The van der Waals surface area contributed by atoms with Gasteiger partial charge in [0.15, 0.2) is 0 Å². The molecule has 0 heterocycles. The summed E-state index contributed by atoms with van der Waals surface area (Å²) in [5, 5.41) is 8.93. The van der Waals surface area contributed by atoms with Crippen molar-refractivity contribution in [2.45, 2.75) is 25.2 Å². The van der Waals surface area contributed by atoms with Gasteiger partial charge in [0, 0.05) is 5.41 Å². The molecule has 0 saturated carbocycles. The highest BCUT2D eigenvalue weighted by Gasteiger charge is 2.29. The predicted molar refractivity (Wildman–Crippen MR) is 67.9 cm³/mol. The van der Waals surface area contributed by atoms with E-state index in [4.69, 9.17) is 5.11 Å². The molecule has 1 aliphatic carbocycles. The van der Waals surface area contributed by atoms with E-state index in [-0.39, 0.29) is 5.41 Å². The van der Waals surface area contributed by atoms with Gasteiger partial charge in [0.25, 0.3) is 0 Å². The Balaban J connectivity index is 2.32. The fourth-order valence-electron chi connectivity index (χ4n) is 2.29. The second kappa shape index (κ2) is 4.58. The Bertz CT molecular complexity index is 471. The molecule has 2 rings (SSSR count). The summed E-state index contributed by atoms with van der Waals surface area (Å²) >= 11 is 0. The first-order chi connectivity index (χ1) is 8.18. The summed E-state index contributed by atoms with van der Waals surface area (Å²) in [6, 6.07) is 10.3. The number of allylic oxidation sites excluding steroid dienone is 2. The SMILES string of the molecule is CCC1(c2ccccc2)C=CC(C(=O)O)=CC1. The monoisotopic (exact) mass is 228 g/mol. The van der Waals surface area contributed by atoms with Gasteiger partial charge in [0.2, 0.25) is 0 Å². The first kappa shape index (κ1) is 11.6. The fraction of sp³-hybridized carbons (Fsp3) is 0.267. The third-order valence-electron chi connectivity index (χ3n) is 3.49. The van der Waals surface area contributed by atoms with E-state index in [9.17, 15) is 4.79 Å². The van der Waals surface area contributed by atoms with Crippen LogP contribution in [0.1, 0.15) is 25.3 Å².